The first-order chi connectivity index (χ1) is 20.5. The maximum Gasteiger partial charge on any atom is 0.314 e. The van der Waals surface area contributed by atoms with Gasteiger partial charge in [-0.05, 0) is 64.0 Å². The van der Waals surface area contributed by atoms with E-state index in [0.29, 0.717) is 38.7 Å². The lowest BCUT2D eigenvalue weighted by Crippen LogP contribution is -2.51. The fraction of sp³-hybridized carbons (Fsp3) is 0.571. The van der Waals surface area contributed by atoms with Gasteiger partial charge in [-0.15, -0.1) is 0 Å². The number of Topliss-reactive ketones (excluding diaryl/α,β-unsaturated/α-hetero) is 1. The molecule has 0 bridgehead atoms. The number of rotatable bonds is 13. The van der Waals surface area contributed by atoms with E-state index in [9.17, 15) is 19.5 Å². The summed E-state index contributed by atoms with van der Waals surface area (Å²) in [6, 6.07) is 19.0. The lowest BCUT2D eigenvalue weighted by atomic mass is 9.84. The van der Waals surface area contributed by atoms with Crippen molar-refractivity contribution in [1.82, 2.24) is 0 Å². The number of esters is 2. The van der Waals surface area contributed by atoms with Gasteiger partial charge in [0.25, 0.3) is 0 Å². The van der Waals surface area contributed by atoms with Gasteiger partial charge in [0, 0.05) is 12.3 Å². The molecule has 8 nitrogen and oxygen atoms in total. The summed E-state index contributed by atoms with van der Waals surface area (Å²) in [5.41, 5.74) is 0.333. The Morgan fingerprint density at radius 3 is 2.19 bits per heavy atom. The Morgan fingerprint density at radius 2 is 1.60 bits per heavy atom. The molecular weight excluding hydrogens is 548 g/mol. The molecule has 0 saturated carbocycles. The van der Waals surface area contributed by atoms with Gasteiger partial charge in [0.05, 0.1) is 36.9 Å². The van der Waals surface area contributed by atoms with Crippen molar-refractivity contribution in [2.45, 2.75) is 103 Å². The Labute approximate surface area is 255 Å². The van der Waals surface area contributed by atoms with Crippen LogP contribution in [0.3, 0.4) is 0 Å². The highest BCUT2D eigenvalue weighted by atomic mass is 16.6. The summed E-state index contributed by atoms with van der Waals surface area (Å²) in [5, 5.41) is 10.4. The largest absolute Gasteiger partial charge is 0.465 e. The first-order valence-corrected chi connectivity index (χ1v) is 15.4. The molecule has 2 aromatic carbocycles. The molecule has 0 radical (unpaired) electrons. The van der Waals surface area contributed by atoms with Gasteiger partial charge in [-0.2, -0.15) is 0 Å². The summed E-state index contributed by atoms with van der Waals surface area (Å²) in [7, 11) is 0. The van der Waals surface area contributed by atoms with Gasteiger partial charge in [0.1, 0.15) is 17.8 Å². The van der Waals surface area contributed by atoms with Crippen LogP contribution in [0, 0.1) is 11.3 Å². The molecule has 0 aliphatic carbocycles. The Balaban J connectivity index is 1.27. The zero-order valence-electron chi connectivity index (χ0n) is 25.8. The van der Waals surface area contributed by atoms with E-state index in [2.05, 4.69) is 0 Å². The summed E-state index contributed by atoms with van der Waals surface area (Å²) in [5.74, 6) is -1.40. The molecule has 0 unspecified atom stereocenters. The summed E-state index contributed by atoms with van der Waals surface area (Å²) in [4.78, 5) is 38.0. The Hall–Kier alpha value is -3.07. The monoisotopic (exact) mass is 594 g/mol. The minimum atomic E-state index is -0.810. The number of carbonyl (C=O) groups excluding carboxylic acids is 3. The van der Waals surface area contributed by atoms with Crippen molar-refractivity contribution >= 4 is 17.7 Å². The first-order valence-electron chi connectivity index (χ1n) is 15.4. The van der Waals surface area contributed by atoms with Gasteiger partial charge < -0.3 is 24.1 Å². The Bertz CT molecular complexity index is 1170. The number of ether oxygens (including phenoxy) is 4. The molecule has 2 heterocycles. The number of hydrogen-bond donors (Lipinski definition) is 1. The van der Waals surface area contributed by atoms with Crippen LogP contribution in [0.4, 0.5) is 0 Å². The van der Waals surface area contributed by atoms with Gasteiger partial charge in [0.15, 0.2) is 6.10 Å². The highest BCUT2D eigenvalue weighted by Gasteiger charge is 2.52. The third-order valence-corrected chi connectivity index (χ3v) is 8.39. The number of fused-ring (bicyclic) bond motifs is 1. The quantitative estimate of drug-likeness (QED) is 0.178. The molecule has 0 aromatic heterocycles. The van der Waals surface area contributed by atoms with Gasteiger partial charge in [-0.1, -0.05) is 67.6 Å². The van der Waals surface area contributed by atoms with E-state index in [1.807, 2.05) is 88.4 Å². The normalized spacial score (nSPS) is 24.3. The fourth-order valence-electron chi connectivity index (χ4n) is 5.94. The Kier molecular flexibility index (Phi) is 11.2. The van der Waals surface area contributed by atoms with Gasteiger partial charge in [-0.3, -0.25) is 14.4 Å². The molecule has 4 rings (SSSR count). The smallest absolute Gasteiger partial charge is 0.314 e. The van der Waals surface area contributed by atoms with Crippen LogP contribution in [0.2, 0.25) is 0 Å². The van der Waals surface area contributed by atoms with E-state index in [1.54, 1.807) is 0 Å². The van der Waals surface area contributed by atoms with Gasteiger partial charge in [0.2, 0.25) is 0 Å². The van der Waals surface area contributed by atoms with Crippen molar-refractivity contribution in [3.63, 3.8) is 0 Å². The number of aliphatic hydroxyl groups excluding tert-OH is 1. The highest BCUT2D eigenvalue weighted by molar-refractivity contribution is 5.96. The maximum atomic E-state index is 13.1. The minimum absolute atomic E-state index is 0.0970. The van der Waals surface area contributed by atoms with Crippen LogP contribution < -0.4 is 0 Å². The zero-order valence-corrected chi connectivity index (χ0v) is 25.8. The standard InChI is InChI=1S/C35H46O8/c1-24(29(37)21-31(38)42-32(25-12-7-5-8-13-25)26-14-9-6-10-15-26)20-27-17-18-30-35(23-36,43-27)22-28(41-30)16-11-19-40-33(39)34(2,3)4/h5-10,12-15,24,27-28,30,32,36H,11,16-23H2,1-4H3/t24-,27-,28+,30+,35-/m1/s1. The SMILES string of the molecule is C[C@H](C[C@H]1CC[C@@H]2O[C@@H](CCCOC(=O)C(C)(C)C)C[C@]2(CO)O1)C(=O)CC(=O)OC(c1ccccc1)c1ccccc1. The van der Waals surface area contributed by atoms with Crippen LogP contribution in [0.1, 0.15) is 89.9 Å². The topological polar surface area (TPSA) is 108 Å². The zero-order chi connectivity index (χ0) is 31.0. The predicted octanol–water partition coefficient (Wildman–Crippen LogP) is 5.74. The third kappa shape index (κ3) is 8.74. The second kappa shape index (κ2) is 14.6. The number of carbonyl (C=O) groups is 3. The van der Waals surface area contributed by atoms with Crippen molar-refractivity contribution in [2.24, 2.45) is 11.3 Å². The van der Waals surface area contributed by atoms with E-state index in [0.717, 1.165) is 17.5 Å². The average molecular weight is 595 g/mol. The van der Waals surface area contributed by atoms with E-state index in [-0.39, 0.29) is 43.1 Å². The van der Waals surface area contributed by atoms with Crippen molar-refractivity contribution in [3.05, 3.63) is 71.8 Å². The van der Waals surface area contributed by atoms with Crippen molar-refractivity contribution < 1.29 is 38.4 Å². The summed E-state index contributed by atoms with van der Waals surface area (Å²) < 4.78 is 23.9. The van der Waals surface area contributed by atoms with Crippen LogP contribution in [0.25, 0.3) is 0 Å². The number of hydrogen-bond acceptors (Lipinski definition) is 8. The molecule has 0 amide bonds. The number of ketones is 1. The van der Waals surface area contributed by atoms with Crippen molar-refractivity contribution in [1.29, 1.82) is 0 Å². The second-order valence-electron chi connectivity index (χ2n) is 13.0. The number of aliphatic hydroxyl groups is 1. The lowest BCUT2D eigenvalue weighted by molar-refractivity contribution is -0.186. The highest BCUT2D eigenvalue weighted by Crippen LogP contribution is 2.43. The molecule has 234 valence electrons. The fourth-order valence-corrected chi connectivity index (χ4v) is 5.94. The second-order valence-corrected chi connectivity index (χ2v) is 13.0. The summed E-state index contributed by atoms with van der Waals surface area (Å²) >= 11 is 0. The summed E-state index contributed by atoms with van der Waals surface area (Å²) in [6.45, 7) is 7.45. The van der Waals surface area contributed by atoms with Gasteiger partial charge >= 0.3 is 11.9 Å². The van der Waals surface area contributed by atoms with Crippen molar-refractivity contribution in [2.75, 3.05) is 13.2 Å². The molecule has 43 heavy (non-hydrogen) atoms. The molecule has 8 heteroatoms. The average Bonchev–Trinajstić information content (AvgIpc) is 3.36. The van der Waals surface area contributed by atoms with E-state index in [1.165, 1.54) is 0 Å². The molecule has 2 aliphatic rings. The lowest BCUT2D eigenvalue weighted by Gasteiger charge is -2.41. The molecule has 2 fully saturated rings. The molecule has 2 aliphatic heterocycles. The van der Waals surface area contributed by atoms with Crippen LogP contribution in [0.15, 0.2) is 60.7 Å². The van der Waals surface area contributed by atoms with Crippen molar-refractivity contribution in [3.8, 4) is 0 Å². The number of benzene rings is 2. The maximum absolute atomic E-state index is 13.1. The molecule has 2 aromatic rings. The first kappa shape index (κ1) is 32.8. The van der Waals surface area contributed by atoms with E-state index in [4.69, 9.17) is 18.9 Å². The molecular formula is C35H46O8. The van der Waals surface area contributed by atoms with E-state index < -0.39 is 29.0 Å². The Morgan fingerprint density at radius 1 is 0.977 bits per heavy atom. The van der Waals surface area contributed by atoms with Gasteiger partial charge in [-0.25, -0.2) is 0 Å². The summed E-state index contributed by atoms with van der Waals surface area (Å²) in [6.07, 6.45) is 2.34. The molecule has 1 N–H and O–H groups in total. The predicted molar refractivity (Wildman–Crippen MR) is 161 cm³/mol. The molecule has 2 saturated heterocycles. The van der Waals surface area contributed by atoms with E-state index >= 15 is 0 Å². The third-order valence-electron chi connectivity index (χ3n) is 8.39. The van der Waals surface area contributed by atoms with Crippen LogP contribution in [0.5, 0.6) is 0 Å². The molecule has 0 spiro atoms. The molecule has 5 atom stereocenters. The van der Waals surface area contributed by atoms with Crippen LogP contribution in [-0.4, -0.2) is 60.0 Å². The minimum Gasteiger partial charge on any atom is -0.465 e. The van der Waals surface area contributed by atoms with Crippen LogP contribution >= 0.6 is 0 Å². The van der Waals surface area contributed by atoms with Crippen LogP contribution in [-0.2, 0) is 33.3 Å².